The van der Waals surface area contributed by atoms with E-state index in [1.54, 1.807) is 0 Å². The first-order valence-electron chi connectivity index (χ1n) is 4.20. The zero-order chi connectivity index (χ0) is 11.1. The monoisotopic (exact) mass is 234 g/mol. The minimum absolute atomic E-state index is 0.0551. The van der Waals surface area contributed by atoms with Crippen LogP contribution in [0, 0.1) is 0 Å². The van der Waals surface area contributed by atoms with Gasteiger partial charge in [-0.3, -0.25) is 4.98 Å². The third-order valence-corrected chi connectivity index (χ3v) is 3.86. The van der Waals surface area contributed by atoms with Crippen molar-refractivity contribution in [1.29, 1.82) is 0 Å². The average Bonchev–Trinajstić information content (AvgIpc) is 2.15. The zero-order valence-electron chi connectivity index (χ0n) is 7.60. The largest absolute Gasteiger partial charge is 0.275 e. The van der Waals surface area contributed by atoms with Gasteiger partial charge in [-0.05, 0) is 12.1 Å². The van der Waals surface area contributed by atoms with Gasteiger partial charge in [0, 0.05) is 12.4 Å². The molecular formula is C8H8F2N2O2S. The van der Waals surface area contributed by atoms with Crippen LogP contribution in [0.15, 0.2) is 29.4 Å². The lowest BCUT2D eigenvalue weighted by atomic mass is 10.2. The summed E-state index contributed by atoms with van der Waals surface area (Å²) >= 11 is 0. The van der Waals surface area contributed by atoms with Crippen LogP contribution in [0.1, 0.15) is 0 Å². The second-order valence-corrected chi connectivity index (χ2v) is 5.26. The highest BCUT2D eigenvalue weighted by molar-refractivity contribution is 7.89. The maximum atomic E-state index is 12.5. The lowest BCUT2D eigenvalue weighted by Crippen LogP contribution is -2.58. The predicted molar refractivity (Wildman–Crippen MR) is 47.9 cm³/mol. The molecule has 15 heavy (non-hydrogen) atoms. The second-order valence-electron chi connectivity index (χ2n) is 3.32. The Kier molecular flexibility index (Phi) is 2.23. The first-order chi connectivity index (χ1) is 6.92. The number of alkyl halides is 2. The molecule has 0 aromatic carbocycles. The molecule has 1 aliphatic heterocycles. The summed E-state index contributed by atoms with van der Waals surface area (Å²) in [6.45, 7) is -1.49. The summed E-state index contributed by atoms with van der Waals surface area (Å²) in [6.07, 6.45) is 2.57. The van der Waals surface area contributed by atoms with Crippen molar-refractivity contribution in [2.45, 2.75) is 10.8 Å². The molecule has 0 N–H and O–H groups in total. The van der Waals surface area contributed by atoms with Gasteiger partial charge in [0.25, 0.3) is 5.92 Å². The first kappa shape index (κ1) is 10.4. The van der Waals surface area contributed by atoms with Crippen molar-refractivity contribution in [3.05, 3.63) is 24.5 Å². The van der Waals surface area contributed by atoms with E-state index in [1.165, 1.54) is 18.3 Å². The van der Waals surface area contributed by atoms with Gasteiger partial charge in [-0.15, -0.1) is 0 Å². The lowest BCUT2D eigenvalue weighted by molar-refractivity contribution is -0.0945. The van der Waals surface area contributed by atoms with E-state index in [4.69, 9.17) is 0 Å². The van der Waals surface area contributed by atoms with Crippen LogP contribution in [-0.2, 0) is 10.0 Å². The number of halogens is 2. The number of hydrogen-bond acceptors (Lipinski definition) is 3. The molecular weight excluding hydrogens is 226 g/mol. The molecule has 2 heterocycles. The van der Waals surface area contributed by atoms with Crippen LogP contribution in [-0.4, -0.2) is 36.7 Å². The van der Waals surface area contributed by atoms with Gasteiger partial charge in [0.2, 0.25) is 10.0 Å². The third-order valence-electron chi connectivity index (χ3n) is 2.09. The van der Waals surface area contributed by atoms with Crippen LogP contribution in [0.3, 0.4) is 0 Å². The molecule has 0 amide bonds. The summed E-state index contributed by atoms with van der Waals surface area (Å²) in [7, 11) is -3.78. The number of nitrogens with zero attached hydrogens (tertiary/aromatic N) is 2. The normalized spacial score (nSPS) is 20.9. The maximum Gasteiger partial charge on any atom is 0.275 e. The molecule has 2 rings (SSSR count). The fourth-order valence-corrected chi connectivity index (χ4v) is 2.75. The summed E-state index contributed by atoms with van der Waals surface area (Å²) < 4.78 is 49.1. The SMILES string of the molecule is O=S(=O)(c1cccnc1)N1CC(F)(F)C1. The topological polar surface area (TPSA) is 50.3 Å². The summed E-state index contributed by atoms with van der Waals surface area (Å²) in [5, 5.41) is 0. The Morgan fingerprint density at radius 1 is 1.40 bits per heavy atom. The maximum absolute atomic E-state index is 12.5. The van der Waals surface area contributed by atoms with E-state index in [0.29, 0.717) is 0 Å². The highest BCUT2D eigenvalue weighted by Gasteiger charge is 2.49. The first-order valence-corrected chi connectivity index (χ1v) is 5.64. The fraction of sp³-hybridized carbons (Fsp3) is 0.375. The highest BCUT2D eigenvalue weighted by atomic mass is 32.2. The average molecular weight is 234 g/mol. The molecule has 0 aliphatic carbocycles. The molecule has 1 aromatic heterocycles. The summed E-state index contributed by atoms with van der Waals surface area (Å²) in [5.41, 5.74) is 0. The van der Waals surface area contributed by atoms with Gasteiger partial charge >= 0.3 is 0 Å². The van der Waals surface area contributed by atoms with E-state index in [2.05, 4.69) is 4.98 Å². The van der Waals surface area contributed by atoms with E-state index in [0.717, 1.165) is 10.5 Å². The van der Waals surface area contributed by atoms with Crippen LogP contribution in [0.25, 0.3) is 0 Å². The molecule has 4 nitrogen and oxygen atoms in total. The molecule has 1 fully saturated rings. The van der Waals surface area contributed by atoms with E-state index in [1.807, 2.05) is 0 Å². The molecule has 0 saturated carbocycles. The van der Waals surface area contributed by atoms with Gasteiger partial charge in [-0.2, -0.15) is 4.31 Å². The molecule has 1 aliphatic rings. The molecule has 0 radical (unpaired) electrons. The van der Waals surface area contributed by atoms with E-state index >= 15 is 0 Å². The molecule has 0 bridgehead atoms. The summed E-state index contributed by atoms with van der Waals surface area (Å²) in [4.78, 5) is 3.58. The van der Waals surface area contributed by atoms with Crippen LogP contribution in [0.2, 0.25) is 0 Å². The molecule has 0 unspecified atom stereocenters. The van der Waals surface area contributed by atoms with Crippen molar-refractivity contribution < 1.29 is 17.2 Å². The smallest absolute Gasteiger partial charge is 0.263 e. The molecule has 7 heteroatoms. The van der Waals surface area contributed by atoms with Gasteiger partial charge in [-0.1, -0.05) is 0 Å². The molecule has 1 saturated heterocycles. The minimum atomic E-state index is -3.78. The minimum Gasteiger partial charge on any atom is -0.263 e. The van der Waals surface area contributed by atoms with Gasteiger partial charge in [-0.25, -0.2) is 17.2 Å². The number of sulfonamides is 1. The summed E-state index contributed by atoms with van der Waals surface area (Å²) in [6, 6.07) is 2.78. The lowest BCUT2D eigenvalue weighted by Gasteiger charge is -2.37. The van der Waals surface area contributed by atoms with Crippen molar-refractivity contribution in [1.82, 2.24) is 9.29 Å². The Labute approximate surface area is 85.6 Å². The van der Waals surface area contributed by atoms with Gasteiger partial charge in [0.1, 0.15) is 4.90 Å². The van der Waals surface area contributed by atoms with Crippen molar-refractivity contribution in [2.24, 2.45) is 0 Å². The van der Waals surface area contributed by atoms with Crippen molar-refractivity contribution >= 4 is 10.0 Å². The van der Waals surface area contributed by atoms with Crippen LogP contribution >= 0.6 is 0 Å². The predicted octanol–water partition coefficient (Wildman–Crippen LogP) is 0.721. The highest BCUT2D eigenvalue weighted by Crippen LogP contribution is 2.31. The summed E-state index contributed by atoms with van der Waals surface area (Å²) in [5.74, 6) is -2.89. The fourth-order valence-electron chi connectivity index (χ4n) is 1.29. The molecule has 0 spiro atoms. The quantitative estimate of drug-likeness (QED) is 0.757. The van der Waals surface area contributed by atoms with E-state index < -0.39 is 29.0 Å². The van der Waals surface area contributed by atoms with E-state index in [9.17, 15) is 17.2 Å². The number of hydrogen-bond donors (Lipinski definition) is 0. The van der Waals surface area contributed by atoms with Gasteiger partial charge in [0.15, 0.2) is 0 Å². The second kappa shape index (κ2) is 3.21. The van der Waals surface area contributed by atoms with E-state index in [-0.39, 0.29) is 4.90 Å². The Balaban J connectivity index is 2.24. The van der Waals surface area contributed by atoms with Crippen molar-refractivity contribution in [3.63, 3.8) is 0 Å². The molecule has 1 aromatic rings. The molecule has 82 valence electrons. The third kappa shape index (κ3) is 1.84. The zero-order valence-corrected chi connectivity index (χ0v) is 8.42. The van der Waals surface area contributed by atoms with Gasteiger partial charge in [0.05, 0.1) is 13.1 Å². The number of pyridine rings is 1. The Hall–Kier alpha value is -1.08. The molecule has 0 atom stereocenters. The standard InChI is InChI=1S/C8H8F2N2O2S/c9-8(10)5-12(6-8)15(13,14)7-2-1-3-11-4-7/h1-4H,5-6H2. The van der Waals surface area contributed by atoms with Gasteiger partial charge < -0.3 is 0 Å². The van der Waals surface area contributed by atoms with Crippen molar-refractivity contribution in [2.75, 3.05) is 13.1 Å². The van der Waals surface area contributed by atoms with Crippen LogP contribution < -0.4 is 0 Å². The van der Waals surface area contributed by atoms with Crippen molar-refractivity contribution in [3.8, 4) is 0 Å². The van der Waals surface area contributed by atoms with Crippen LogP contribution in [0.5, 0.6) is 0 Å². The Bertz CT molecular complexity index is 453. The Morgan fingerprint density at radius 3 is 2.53 bits per heavy atom. The Morgan fingerprint density at radius 2 is 2.07 bits per heavy atom. The number of rotatable bonds is 2. The number of aromatic nitrogens is 1. The van der Waals surface area contributed by atoms with Crippen LogP contribution in [0.4, 0.5) is 8.78 Å².